The molecule has 106 valence electrons. The van der Waals surface area contributed by atoms with Crippen LogP contribution < -0.4 is 10.5 Å². The highest BCUT2D eigenvalue weighted by Crippen LogP contribution is 2.27. The molecule has 0 unspecified atom stereocenters. The van der Waals surface area contributed by atoms with Crippen LogP contribution in [0.15, 0.2) is 50.4 Å². The monoisotopic (exact) mass is 419 g/mol. The molecule has 0 aliphatic carbocycles. The molecular weight excluding hydrogens is 410 g/mol. The van der Waals surface area contributed by atoms with E-state index in [1.165, 1.54) is 12.3 Å². The van der Waals surface area contributed by atoms with Gasteiger partial charge in [0.1, 0.15) is 4.90 Å². The number of nitrogens with one attached hydrogen (secondary N) is 1. The van der Waals surface area contributed by atoms with Gasteiger partial charge in [0.15, 0.2) is 5.82 Å². The number of benzene rings is 1. The first-order valence-corrected chi connectivity index (χ1v) is 8.63. The summed E-state index contributed by atoms with van der Waals surface area (Å²) in [4.78, 5) is 4.11. The van der Waals surface area contributed by atoms with Gasteiger partial charge in [-0.2, -0.15) is 0 Å². The number of rotatable bonds is 4. The Hall–Kier alpha value is -0.960. The second-order valence-corrected chi connectivity index (χ2v) is 7.27. The summed E-state index contributed by atoms with van der Waals surface area (Å²) in [6.45, 7) is 0.345. The van der Waals surface area contributed by atoms with Crippen molar-refractivity contribution in [2.75, 3.05) is 4.72 Å². The van der Waals surface area contributed by atoms with Gasteiger partial charge in [-0.25, -0.2) is 13.4 Å². The Bertz CT molecular complexity index is 735. The van der Waals surface area contributed by atoms with Crippen LogP contribution in [0.25, 0.3) is 0 Å². The lowest BCUT2D eigenvalue weighted by molar-refractivity contribution is 0.600. The molecule has 5 nitrogen and oxygen atoms in total. The first kappa shape index (κ1) is 15.4. The average Bonchev–Trinajstić information content (AvgIpc) is 2.40. The van der Waals surface area contributed by atoms with E-state index in [0.717, 1.165) is 5.56 Å². The van der Waals surface area contributed by atoms with Crippen LogP contribution in [0.5, 0.6) is 0 Å². The van der Waals surface area contributed by atoms with Crippen LogP contribution in [0.2, 0.25) is 0 Å². The fraction of sp³-hybridized carbons (Fsp3) is 0.0833. The van der Waals surface area contributed by atoms with Crippen LogP contribution in [-0.4, -0.2) is 13.4 Å². The predicted molar refractivity (Wildman–Crippen MR) is 84.8 cm³/mol. The van der Waals surface area contributed by atoms with Crippen LogP contribution >= 0.6 is 31.9 Å². The Labute approximate surface area is 133 Å². The molecule has 0 saturated heterocycles. The summed E-state index contributed by atoms with van der Waals surface area (Å²) in [5, 5.41) is 0. The van der Waals surface area contributed by atoms with Crippen LogP contribution in [0.4, 0.5) is 5.82 Å². The summed E-state index contributed by atoms with van der Waals surface area (Å²) in [6.07, 6.45) is 1.51. The minimum Gasteiger partial charge on any atom is -0.326 e. The molecular formula is C12H11Br2N3O2S. The lowest BCUT2D eigenvalue weighted by atomic mass is 10.2. The van der Waals surface area contributed by atoms with Crippen molar-refractivity contribution in [3.05, 3.63) is 51.0 Å². The van der Waals surface area contributed by atoms with Crippen molar-refractivity contribution in [2.45, 2.75) is 11.4 Å². The van der Waals surface area contributed by atoms with Crippen molar-refractivity contribution in [1.82, 2.24) is 4.98 Å². The molecule has 0 aliphatic heterocycles. The zero-order chi connectivity index (χ0) is 14.8. The minimum atomic E-state index is -3.72. The summed E-state index contributed by atoms with van der Waals surface area (Å²) >= 11 is 6.49. The summed E-state index contributed by atoms with van der Waals surface area (Å²) in [7, 11) is -3.72. The molecule has 1 heterocycles. The van der Waals surface area contributed by atoms with Gasteiger partial charge in [-0.3, -0.25) is 4.72 Å². The normalized spacial score (nSPS) is 11.3. The zero-order valence-electron chi connectivity index (χ0n) is 10.2. The van der Waals surface area contributed by atoms with Gasteiger partial charge >= 0.3 is 0 Å². The second-order valence-electron chi connectivity index (χ2n) is 3.91. The Kier molecular flexibility index (Phi) is 4.79. The number of pyridine rings is 1. The maximum atomic E-state index is 12.3. The van der Waals surface area contributed by atoms with Crippen LogP contribution in [-0.2, 0) is 16.6 Å². The van der Waals surface area contributed by atoms with Gasteiger partial charge in [0.25, 0.3) is 10.0 Å². The van der Waals surface area contributed by atoms with Crippen LogP contribution in [0.3, 0.4) is 0 Å². The predicted octanol–water partition coefficient (Wildman–Crippen LogP) is 2.87. The molecule has 0 radical (unpaired) electrons. The Morgan fingerprint density at radius 2 is 1.95 bits per heavy atom. The maximum Gasteiger partial charge on any atom is 0.264 e. The average molecular weight is 421 g/mol. The SMILES string of the molecule is NCc1ccc(S(=O)(=O)Nc2ncccc2Br)c(Br)c1. The quantitative estimate of drug-likeness (QED) is 0.796. The molecule has 0 fully saturated rings. The molecule has 1 aromatic heterocycles. The molecule has 0 bridgehead atoms. The lowest BCUT2D eigenvalue weighted by Crippen LogP contribution is -2.15. The molecule has 2 aromatic rings. The van der Waals surface area contributed by atoms with Crippen molar-refractivity contribution in [2.24, 2.45) is 5.73 Å². The van der Waals surface area contributed by atoms with Gasteiger partial charge in [-0.1, -0.05) is 6.07 Å². The molecule has 0 amide bonds. The molecule has 20 heavy (non-hydrogen) atoms. The molecule has 0 aliphatic rings. The second kappa shape index (κ2) is 6.21. The number of aromatic nitrogens is 1. The van der Waals surface area contributed by atoms with E-state index >= 15 is 0 Å². The lowest BCUT2D eigenvalue weighted by Gasteiger charge is -2.10. The number of sulfonamides is 1. The van der Waals surface area contributed by atoms with Crippen molar-refractivity contribution >= 4 is 47.7 Å². The number of halogens is 2. The molecule has 8 heteroatoms. The van der Waals surface area contributed by atoms with E-state index in [1.54, 1.807) is 24.3 Å². The fourth-order valence-corrected chi connectivity index (χ4v) is 4.17. The minimum absolute atomic E-state index is 0.132. The topological polar surface area (TPSA) is 85.1 Å². The third kappa shape index (κ3) is 3.38. The molecule has 2 rings (SSSR count). The number of anilines is 1. The Balaban J connectivity index is 2.39. The van der Waals surface area contributed by atoms with Crippen LogP contribution in [0, 0.1) is 0 Å². The van der Waals surface area contributed by atoms with Crippen molar-refractivity contribution in [3.8, 4) is 0 Å². The number of nitrogens with zero attached hydrogens (tertiary/aromatic N) is 1. The van der Waals surface area contributed by atoms with E-state index in [2.05, 4.69) is 41.6 Å². The molecule has 0 spiro atoms. The molecule has 0 saturated carbocycles. The number of nitrogens with two attached hydrogens (primary N) is 1. The Morgan fingerprint density at radius 3 is 2.55 bits per heavy atom. The molecule has 3 N–H and O–H groups in total. The fourth-order valence-electron chi connectivity index (χ4n) is 1.53. The standard InChI is InChI=1S/C12H11Br2N3O2S/c13-9-2-1-5-16-12(9)17-20(18,19)11-4-3-8(7-15)6-10(11)14/h1-6H,7,15H2,(H,16,17). The summed E-state index contributed by atoms with van der Waals surface area (Å²) < 4.78 is 28.1. The van der Waals surface area contributed by atoms with E-state index in [-0.39, 0.29) is 10.7 Å². The highest BCUT2D eigenvalue weighted by molar-refractivity contribution is 9.11. The van der Waals surface area contributed by atoms with E-state index in [1.807, 2.05) is 0 Å². The largest absolute Gasteiger partial charge is 0.326 e. The van der Waals surface area contributed by atoms with Gasteiger partial charge in [0.2, 0.25) is 0 Å². The van der Waals surface area contributed by atoms with Crippen molar-refractivity contribution < 1.29 is 8.42 Å². The van der Waals surface area contributed by atoms with Gasteiger partial charge in [-0.15, -0.1) is 0 Å². The van der Waals surface area contributed by atoms with Crippen molar-refractivity contribution in [3.63, 3.8) is 0 Å². The first-order valence-electron chi connectivity index (χ1n) is 5.56. The third-order valence-electron chi connectivity index (χ3n) is 2.51. The number of hydrogen-bond donors (Lipinski definition) is 2. The zero-order valence-corrected chi connectivity index (χ0v) is 14.2. The maximum absolute atomic E-state index is 12.3. The summed E-state index contributed by atoms with van der Waals surface area (Å²) in [5.41, 5.74) is 6.36. The smallest absolute Gasteiger partial charge is 0.264 e. The van der Waals surface area contributed by atoms with Gasteiger partial charge in [0.05, 0.1) is 4.47 Å². The van der Waals surface area contributed by atoms with Gasteiger partial charge in [0, 0.05) is 17.2 Å². The van der Waals surface area contributed by atoms with E-state index in [4.69, 9.17) is 5.73 Å². The summed E-state index contributed by atoms with van der Waals surface area (Å²) in [6, 6.07) is 8.27. The third-order valence-corrected chi connectivity index (χ3v) is 5.47. The first-order chi connectivity index (χ1) is 9.44. The van der Waals surface area contributed by atoms with E-state index in [9.17, 15) is 8.42 Å². The number of hydrogen-bond acceptors (Lipinski definition) is 4. The summed E-state index contributed by atoms with van der Waals surface area (Å²) in [5.74, 6) is 0.238. The van der Waals surface area contributed by atoms with E-state index in [0.29, 0.717) is 15.5 Å². The van der Waals surface area contributed by atoms with E-state index < -0.39 is 10.0 Å². The van der Waals surface area contributed by atoms with Gasteiger partial charge in [-0.05, 0) is 61.7 Å². The molecule has 1 aromatic carbocycles. The van der Waals surface area contributed by atoms with Gasteiger partial charge < -0.3 is 5.73 Å². The molecule has 0 atom stereocenters. The highest BCUT2D eigenvalue weighted by Gasteiger charge is 2.19. The Morgan fingerprint density at radius 1 is 1.20 bits per heavy atom. The van der Waals surface area contributed by atoms with Crippen LogP contribution in [0.1, 0.15) is 5.56 Å². The van der Waals surface area contributed by atoms with Crippen molar-refractivity contribution in [1.29, 1.82) is 0 Å². The highest BCUT2D eigenvalue weighted by atomic mass is 79.9.